The van der Waals surface area contributed by atoms with E-state index in [-0.39, 0.29) is 0 Å². The van der Waals surface area contributed by atoms with Gasteiger partial charge in [0.1, 0.15) is 0 Å². The average Bonchev–Trinajstić information content (AvgIpc) is 2.32. The predicted molar refractivity (Wildman–Crippen MR) is 88.1 cm³/mol. The Labute approximate surface area is 125 Å². The second-order valence-corrected chi connectivity index (χ2v) is 7.53. The zero-order valence-corrected chi connectivity index (χ0v) is 13.9. The van der Waals surface area contributed by atoms with Gasteiger partial charge in [0.25, 0.3) is 0 Å². The summed E-state index contributed by atoms with van der Waals surface area (Å²) in [6.45, 7) is 13.8. The number of aryl methyl sites for hydroxylation is 1. The molecule has 0 aliphatic heterocycles. The molecule has 112 valence electrons. The number of hydrogen-bond donors (Lipinski definition) is 1. The number of nitrogens with one attached hydrogen (secondary N) is 1. The van der Waals surface area contributed by atoms with Crippen molar-refractivity contribution in [1.29, 1.82) is 0 Å². The summed E-state index contributed by atoms with van der Waals surface area (Å²) in [4.78, 5) is 0. The van der Waals surface area contributed by atoms with Gasteiger partial charge in [-0.05, 0) is 55.2 Å². The first-order chi connectivity index (χ1) is 9.44. The lowest BCUT2D eigenvalue weighted by molar-refractivity contribution is 0.0965. The Balaban J connectivity index is 2.12. The highest BCUT2D eigenvalue weighted by molar-refractivity contribution is 5.36. The maximum absolute atomic E-state index is 3.71. The normalized spacial score (nSPS) is 26.1. The van der Waals surface area contributed by atoms with Gasteiger partial charge < -0.3 is 5.32 Å². The quantitative estimate of drug-likeness (QED) is 0.802. The Morgan fingerprint density at radius 3 is 2.35 bits per heavy atom. The van der Waals surface area contributed by atoms with E-state index in [0.717, 1.165) is 30.8 Å². The summed E-state index contributed by atoms with van der Waals surface area (Å²) in [5, 5.41) is 3.71. The molecule has 1 N–H and O–H groups in total. The molecule has 0 unspecified atom stereocenters. The van der Waals surface area contributed by atoms with Gasteiger partial charge in [-0.1, -0.05) is 52.0 Å². The zero-order valence-electron chi connectivity index (χ0n) is 13.9. The van der Waals surface area contributed by atoms with E-state index in [1.54, 1.807) is 5.56 Å². The van der Waals surface area contributed by atoms with Crippen LogP contribution in [0.4, 0.5) is 0 Å². The second-order valence-electron chi connectivity index (χ2n) is 7.53. The van der Waals surface area contributed by atoms with Crippen molar-refractivity contribution >= 4 is 0 Å². The molecule has 1 aliphatic carbocycles. The molecule has 0 heterocycles. The third-order valence-corrected chi connectivity index (χ3v) is 4.98. The maximum Gasteiger partial charge on any atom is 0.00858 e. The van der Waals surface area contributed by atoms with E-state index >= 15 is 0 Å². The summed E-state index contributed by atoms with van der Waals surface area (Å²) in [6, 6.07) is 8.98. The van der Waals surface area contributed by atoms with Crippen molar-refractivity contribution in [3.63, 3.8) is 0 Å². The van der Waals surface area contributed by atoms with E-state index in [1.807, 2.05) is 0 Å². The van der Waals surface area contributed by atoms with Gasteiger partial charge >= 0.3 is 0 Å². The van der Waals surface area contributed by atoms with Crippen LogP contribution in [0.5, 0.6) is 0 Å². The van der Waals surface area contributed by atoms with Crippen molar-refractivity contribution in [2.75, 3.05) is 13.1 Å². The zero-order chi connectivity index (χ0) is 14.8. The molecule has 2 rings (SSSR count). The first-order valence-corrected chi connectivity index (χ1v) is 8.21. The Kier molecular flexibility index (Phi) is 4.90. The van der Waals surface area contributed by atoms with E-state index in [9.17, 15) is 0 Å². The fourth-order valence-corrected chi connectivity index (χ4v) is 3.64. The SMILES string of the molecule is Cc1ccccc1C1(CNCC(C)C)CC(C(C)C)C1. The topological polar surface area (TPSA) is 12.0 Å². The maximum atomic E-state index is 3.71. The van der Waals surface area contributed by atoms with E-state index in [0.29, 0.717) is 5.41 Å². The lowest BCUT2D eigenvalue weighted by atomic mass is 9.55. The van der Waals surface area contributed by atoms with Gasteiger partial charge in [-0.3, -0.25) is 0 Å². The van der Waals surface area contributed by atoms with Gasteiger partial charge in [0.05, 0.1) is 0 Å². The van der Waals surface area contributed by atoms with Crippen molar-refractivity contribution in [2.45, 2.75) is 52.9 Å². The molecular weight excluding hydrogens is 242 g/mol. The molecule has 0 radical (unpaired) electrons. The summed E-state index contributed by atoms with van der Waals surface area (Å²) in [5.74, 6) is 2.44. The Morgan fingerprint density at radius 1 is 1.15 bits per heavy atom. The molecule has 1 saturated carbocycles. The molecule has 1 aromatic rings. The second kappa shape index (κ2) is 6.30. The van der Waals surface area contributed by atoms with Crippen LogP contribution in [0.3, 0.4) is 0 Å². The number of benzene rings is 1. The van der Waals surface area contributed by atoms with Gasteiger partial charge in [-0.25, -0.2) is 0 Å². The van der Waals surface area contributed by atoms with Gasteiger partial charge in [0.2, 0.25) is 0 Å². The lowest BCUT2D eigenvalue weighted by Gasteiger charge is -2.51. The van der Waals surface area contributed by atoms with Gasteiger partial charge in [0, 0.05) is 12.0 Å². The average molecular weight is 273 g/mol. The van der Waals surface area contributed by atoms with E-state index in [1.165, 1.54) is 18.4 Å². The van der Waals surface area contributed by atoms with Gasteiger partial charge in [0.15, 0.2) is 0 Å². The monoisotopic (exact) mass is 273 g/mol. The third-order valence-electron chi connectivity index (χ3n) is 4.98. The fraction of sp³-hybridized carbons (Fsp3) is 0.684. The minimum Gasteiger partial charge on any atom is -0.316 e. The van der Waals surface area contributed by atoms with Gasteiger partial charge in [-0.15, -0.1) is 0 Å². The van der Waals surface area contributed by atoms with Crippen LogP contribution in [-0.4, -0.2) is 13.1 Å². The molecule has 20 heavy (non-hydrogen) atoms. The highest BCUT2D eigenvalue weighted by Gasteiger charge is 2.46. The van der Waals surface area contributed by atoms with Crippen LogP contribution >= 0.6 is 0 Å². The van der Waals surface area contributed by atoms with Crippen LogP contribution in [0.2, 0.25) is 0 Å². The smallest absolute Gasteiger partial charge is 0.00858 e. The summed E-state index contributed by atoms with van der Waals surface area (Å²) >= 11 is 0. The van der Waals surface area contributed by atoms with Crippen molar-refractivity contribution in [3.05, 3.63) is 35.4 Å². The summed E-state index contributed by atoms with van der Waals surface area (Å²) in [5.41, 5.74) is 3.42. The number of hydrogen-bond acceptors (Lipinski definition) is 1. The molecule has 1 aromatic carbocycles. The Bertz CT molecular complexity index is 427. The standard InChI is InChI=1S/C19H31N/c1-14(2)12-20-13-19(10-17(11-19)15(3)4)18-9-7-6-8-16(18)5/h6-9,14-15,17,20H,10-13H2,1-5H3. The van der Waals surface area contributed by atoms with Crippen LogP contribution in [0.1, 0.15) is 51.7 Å². The molecule has 1 nitrogen and oxygen atoms in total. The minimum atomic E-state index is 0.384. The van der Waals surface area contributed by atoms with Crippen LogP contribution in [0.25, 0.3) is 0 Å². The van der Waals surface area contributed by atoms with E-state index < -0.39 is 0 Å². The van der Waals surface area contributed by atoms with Crippen molar-refractivity contribution in [3.8, 4) is 0 Å². The van der Waals surface area contributed by atoms with Crippen LogP contribution in [-0.2, 0) is 5.41 Å². The lowest BCUT2D eigenvalue weighted by Crippen LogP contribution is -2.50. The molecule has 1 heteroatoms. The van der Waals surface area contributed by atoms with Crippen LogP contribution < -0.4 is 5.32 Å². The number of rotatable bonds is 6. The highest BCUT2D eigenvalue weighted by atomic mass is 14.9. The molecular formula is C19H31N. The van der Waals surface area contributed by atoms with Crippen molar-refractivity contribution < 1.29 is 0 Å². The first-order valence-electron chi connectivity index (χ1n) is 8.21. The minimum absolute atomic E-state index is 0.384. The predicted octanol–water partition coefficient (Wildman–Crippen LogP) is 4.54. The molecule has 0 aromatic heterocycles. The summed E-state index contributed by atoms with van der Waals surface area (Å²) in [7, 11) is 0. The first kappa shape index (κ1) is 15.6. The highest BCUT2D eigenvalue weighted by Crippen LogP contribution is 2.51. The molecule has 0 saturated heterocycles. The molecule has 0 atom stereocenters. The third kappa shape index (κ3) is 3.25. The molecule has 0 amide bonds. The summed E-state index contributed by atoms with van der Waals surface area (Å²) < 4.78 is 0. The Morgan fingerprint density at radius 2 is 1.80 bits per heavy atom. The summed E-state index contributed by atoms with van der Waals surface area (Å²) in [6.07, 6.45) is 2.70. The van der Waals surface area contributed by atoms with E-state index in [2.05, 4.69) is 64.2 Å². The molecule has 0 spiro atoms. The van der Waals surface area contributed by atoms with Gasteiger partial charge in [-0.2, -0.15) is 0 Å². The Hall–Kier alpha value is -0.820. The van der Waals surface area contributed by atoms with Crippen LogP contribution in [0.15, 0.2) is 24.3 Å². The van der Waals surface area contributed by atoms with Crippen molar-refractivity contribution in [2.24, 2.45) is 17.8 Å². The van der Waals surface area contributed by atoms with Crippen molar-refractivity contribution in [1.82, 2.24) is 5.32 Å². The largest absolute Gasteiger partial charge is 0.316 e. The van der Waals surface area contributed by atoms with E-state index in [4.69, 9.17) is 0 Å². The molecule has 1 fully saturated rings. The fourth-order valence-electron chi connectivity index (χ4n) is 3.64. The van der Waals surface area contributed by atoms with Crippen LogP contribution in [0, 0.1) is 24.7 Å². The molecule has 1 aliphatic rings. The molecule has 0 bridgehead atoms.